The van der Waals surface area contributed by atoms with Crippen molar-refractivity contribution in [1.82, 2.24) is 10.2 Å². The van der Waals surface area contributed by atoms with Gasteiger partial charge in [0.2, 0.25) is 11.8 Å². The van der Waals surface area contributed by atoms with Crippen LogP contribution >= 0.6 is 11.8 Å². The molecule has 27 heavy (non-hydrogen) atoms. The molecule has 5 heteroatoms. The van der Waals surface area contributed by atoms with Crippen LogP contribution in [0, 0.1) is 0 Å². The Morgan fingerprint density at radius 1 is 1.04 bits per heavy atom. The lowest BCUT2D eigenvalue weighted by Gasteiger charge is -2.30. The fourth-order valence-corrected chi connectivity index (χ4v) is 3.84. The molecule has 1 atom stereocenters. The van der Waals surface area contributed by atoms with Gasteiger partial charge in [0, 0.05) is 30.7 Å². The lowest BCUT2D eigenvalue weighted by atomic mass is 10.1. The number of hydrogen-bond donors (Lipinski definition) is 1. The molecular weight excluding hydrogens is 356 g/mol. The van der Waals surface area contributed by atoms with Gasteiger partial charge in [0.15, 0.2) is 0 Å². The number of amides is 2. The summed E-state index contributed by atoms with van der Waals surface area (Å²) in [5.41, 5.74) is 1.17. The molecule has 4 nitrogen and oxygen atoms in total. The van der Waals surface area contributed by atoms with Crippen molar-refractivity contribution in [2.45, 2.75) is 37.1 Å². The number of thioether (sulfide) groups is 1. The summed E-state index contributed by atoms with van der Waals surface area (Å²) < 4.78 is 0. The largest absolute Gasteiger partial charge is 0.357 e. The van der Waals surface area contributed by atoms with Crippen molar-refractivity contribution in [2.75, 3.05) is 19.3 Å². The van der Waals surface area contributed by atoms with Crippen molar-refractivity contribution >= 4 is 23.6 Å². The molecule has 1 unspecified atom stereocenters. The quantitative estimate of drug-likeness (QED) is 0.635. The predicted molar refractivity (Wildman–Crippen MR) is 112 cm³/mol. The molecule has 0 bridgehead atoms. The second kappa shape index (κ2) is 11.4. The normalized spacial score (nSPS) is 11.6. The fraction of sp³-hybridized carbons (Fsp3) is 0.364. The zero-order valence-corrected chi connectivity index (χ0v) is 16.9. The average molecular weight is 385 g/mol. The lowest BCUT2D eigenvalue weighted by molar-refractivity contribution is -0.140. The molecule has 0 aliphatic heterocycles. The van der Waals surface area contributed by atoms with Crippen LogP contribution in [0.4, 0.5) is 0 Å². The zero-order valence-electron chi connectivity index (χ0n) is 16.1. The van der Waals surface area contributed by atoms with Crippen LogP contribution in [0.2, 0.25) is 0 Å². The molecule has 0 saturated heterocycles. The summed E-state index contributed by atoms with van der Waals surface area (Å²) in [6.45, 7) is 2.49. The van der Waals surface area contributed by atoms with Crippen LogP contribution in [0.1, 0.15) is 25.3 Å². The summed E-state index contributed by atoms with van der Waals surface area (Å²) in [5, 5.41) is 2.69. The van der Waals surface area contributed by atoms with E-state index in [0.717, 1.165) is 11.3 Å². The Morgan fingerprint density at radius 3 is 2.26 bits per heavy atom. The van der Waals surface area contributed by atoms with Crippen molar-refractivity contribution < 1.29 is 9.59 Å². The Labute approximate surface area is 166 Å². The molecule has 1 N–H and O–H groups in total. The van der Waals surface area contributed by atoms with E-state index in [1.54, 1.807) is 23.7 Å². The number of hydrogen-bond acceptors (Lipinski definition) is 3. The number of likely N-dealkylation sites (N-methyl/N-ethyl adjacent to an activating group) is 1. The monoisotopic (exact) mass is 384 g/mol. The molecule has 0 saturated carbocycles. The second-order valence-electron chi connectivity index (χ2n) is 6.27. The number of carbonyl (C=O) groups is 2. The number of nitrogens with zero attached hydrogens (tertiary/aromatic N) is 1. The molecule has 0 heterocycles. The third kappa shape index (κ3) is 6.75. The van der Waals surface area contributed by atoms with Gasteiger partial charge in [-0.2, -0.15) is 0 Å². The van der Waals surface area contributed by atoms with Crippen LogP contribution in [-0.2, 0) is 16.0 Å². The minimum Gasteiger partial charge on any atom is -0.357 e. The van der Waals surface area contributed by atoms with Gasteiger partial charge in [-0.15, -0.1) is 11.8 Å². The minimum atomic E-state index is -0.423. The van der Waals surface area contributed by atoms with E-state index in [2.05, 4.69) is 17.4 Å². The molecule has 0 spiro atoms. The fourth-order valence-electron chi connectivity index (χ4n) is 2.98. The van der Waals surface area contributed by atoms with Crippen LogP contribution in [0.25, 0.3) is 0 Å². The van der Waals surface area contributed by atoms with Crippen molar-refractivity contribution in [1.29, 1.82) is 0 Å². The van der Waals surface area contributed by atoms with Crippen LogP contribution in [0.3, 0.4) is 0 Å². The summed E-state index contributed by atoms with van der Waals surface area (Å²) in [7, 11) is 1.62. The number of rotatable bonds is 10. The molecule has 2 amide bonds. The van der Waals surface area contributed by atoms with Crippen LogP contribution < -0.4 is 5.32 Å². The summed E-state index contributed by atoms with van der Waals surface area (Å²) in [6.07, 6.45) is 1.76. The van der Waals surface area contributed by atoms with Crippen LogP contribution in [-0.4, -0.2) is 42.1 Å². The summed E-state index contributed by atoms with van der Waals surface area (Å²) >= 11 is 1.67. The van der Waals surface area contributed by atoms with E-state index in [0.29, 0.717) is 25.1 Å². The van der Waals surface area contributed by atoms with Gasteiger partial charge in [-0.25, -0.2) is 0 Å². The molecule has 2 aromatic carbocycles. The van der Waals surface area contributed by atoms with E-state index in [4.69, 9.17) is 0 Å². The molecule has 0 fully saturated rings. The molecule has 0 aromatic heterocycles. The highest BCUT2D eigenvalue weighted by atomic mass is 32.2. The number of benzene rings is 2. The van der Waals surface area contributed by atoms with Gasteiger partial charge in [0.05, 0.1) is 0 Å². The highest BCUT2D eigenvalue weighted by Crippen LogP contribution is 2.19. The summed E-state index contributed by atoms with van der Waals surface area (Å²) in [5.74, 6) is 0.633. The minimum absolute atomic E-state index is 0.0322. The average Bonchev–Trinajstić information content (AvgIpc) is 2.72. The first-order chi connectivity index (χ1) is 13.2. The van der Waals surface area contributed by atoms with Crippen molar-refractivity contribution in [3.8, 4) is 0 Å². The topological polar surface area (TPSA) is 49.4 Å². The van der Waals surface area contributed by atoms with Crippen LogP contribution in [0.5, 0.6) is 0 Å². The maximum absolute atomic E-state index is 12.9. The summed E-state index contributed by atoms with van der Waals surface area (Å²) in [4.78, 5) is 28.1. The van der Waals surface area contributed by atoms with Crippen molar-refractivity contribution in [2.24, 2.45) is 0 Å². The first kappa shape index (κ1) is 21.0. The van der Waals surface area contributed by atoms with Gasteiger partial charge in [0.25, 0.3) is 0 Å². The molecule has 0 aliphatic rings. The maximum Gasteiger partial charge on any atom is 0.242 e. The Bertz CT molecular complexity index is 707. The third-order valence-electron chi connectivity index (χ3n) is 4.44. The van der Waals surface area contributed by atoms with E-state index in [9.17, 15) is 9.59 Å². The molecule has 144 valence electrons. The standard InChI is InChI=1S/C22H28N2O2S/c1-3-20(22(26)23-2)24(16-14-18-10-6-4-7-11-18)21(25)15-17-27-19-12-8-5-9-13-19/h4-13,20H,3,14-17H2,1-2H3,(H,23,26). The van der Waals surface area contributed by atoms with Crippen molar-refractivity contribution in [3.63, 3.8) is 0 Å². The van der Waals surface area contributed by atoms with E-state index >= 15 is 0 Å². The van der Waals surface area contributed by atoms with E-state index in [1.807, 2.05) is 55.5 Å². The lowest BCUT2D eigenvalue weighted by Crippen LogP contribution is -2.49. The Kier molecular flexibility index (Phi) is 8.92. The Balaban J connectivity index is 2.00. The third-order valence-corrected chi connectivity index (χ3v) is 5.46. The van der Waals surface area contributed by atoms with Crippen LogP contribution in [0.15, 0.2) is 65.6 Å². The van der Waals surface area contributed by atoms with Gasteiger partial charge in [0.1, 0.15) is 6.04 Å². The highest BCUT2D eigenvalue weighted by Gasteiger charge is 2.27. The van der Waals surface area contributed by atoms with Gasteiger partial charge < -0.3 is 10.2 Å². The molecule has 0 radical (unpaired) electrons. The first-order valence-electron chi connectivity index (χ1n) is 9.38. The van der Waals surface area contributed by atoms with Gasteiger partial charge in [-0.3, -0.25) is 9.59 Å². The zero-order chi connectivity index (χ0) is 19.5. The van der Waals surface area contributed by atoms with Gasteiger partial charge in [-0.05, 0) is 30.5 Å². The highest BCUT2D eigenvalue weighted by molar-refractivity contribution is 7.99. The second-order valence-corrected chi connectivity index (χ2v) is 7.44. The van der Waals surface area contributed by atoms with Crippen molar-refractivity contribution in [3.05, 3.63) is 66.2 Å². The van der Waals surface area contributed by atoms with E-state index < -0.39 is 6.04 Å². The first-order valence-corrected chi connectivity index (χ1v) is 10.4. The smallest absolute Gasteiger partial charge is 0.242 e. The molecule has 2 aromatic rings. The Morgan fingerprint density at radius 2 is 1.67 bits per heavy atom. The molecular formula is C22H28N2O2S. The SMILES string of the molecule is CCC(C(=O)NC)N(CCc1ccccc1)C(=O)CCSc1ccccc1. The number of nitrogens with one attached hydrogen (secondary N) is 1. The van der Waals surface area contributed by atoms with E-state index in [-0.39, 0.29) is 11.8 Å². The molecule has 2 rings (SSSR count). The summed E-state index contributed by atoms with van der Waals surface area (Å²) in [6, 6.07) is 19.7. The van der Waals surface area contributed by atoms with Gasteiger partial charge >= 0.3 is 0 Å². The maximum atomic E-state index is 12.9. The number of carbonyl (C=O) groups excluding carboxylic acids is 2. The van der Waals surface area contributed by atoms with Gasteiger partial charge in [-0.1, -0.05) is 55.5 Å². The predicted octanol–water partition coefficient (Wildman–Crippen LogP) is 3.76. The van der Waals surface area contributed by atoms with E-state index in [1.165, 1.54) is 5.56 Å². The molecule has 0 aliphatic carbocycles. The Hall–Kier alpha value is -2.27.